The first-order valence-corrected chi connectivity index (χ1v) is 6.89. The minimum atomic E-state index is 0.587. The number of aromatic nitrogens is 1. The fraction of sp³-hybridized carbons (Fsp3) is 0.357. The van der Waals surface area contributed by atoms with Gasteiger partial charge in [0.25, 0.3) is 0 Å². The molecule has 0 aliphatic heterocycles. The molecule has 2 aromatic rings. The van der Waals surface area contributed by atoms with Crippen LogP contribution in [-0.4, -0.2) is 12.1 Å². The topological polar surface area (TPSA) is 48.1 Å². The van der Waals surface area contributed by atoms with Gasteiger partial charge in [-0.3, -0.25) is 0 Å². The van der Waals surface area contributed by atoms with Crippen molar-refractivity contribution in [1.29, 1.82) is 0 Å². The SMILES string of the molecule is CCc1nc(Cc2ccc(OC)cc2)sc1CN. The molecule has 3 nitrogen and oxygen atoms in total. The molecule has 18 heavy (non-hydrogen) atoms. The molecule has 0 aliphatic carbocycles. The van der Waals surface area contributed by atoms with Crippen LogP contribution in [0.3, 0.4) is 0 Å². The molecule has 96 valence electrons. The lowest BCUT2D eigenvalue weighted by molar-refractivity contribution is 0.414. The van der Waals surface area contributed by atoms with E-state index < -0.39 is 0 Å². The van der Waals surface area contributed by atoms with Gasteiger partial charge in [-0.25, -0.2) is 4.98 Å². The predicted molar refractivity (Wildman–Crippen MR) is 75.2 cm³/mol. The molecule has 1 aromatic heterocycles. The molecule has 1 heterocycles. The third-order valence-electron chi connectivity index (χ3n) is 2.86. The minimum Gasteiger partial charge on any atom is -0.497 e. The molecule has 0 aliphatic rings. The highest BCUT2D eigenvalue weighted by atomic mass is 32.1. The number of nitrogens with two attached hydrogens (primary N) is 1. The number of rotatable bonds is 5. The first-order valence-electron chi connectivity index (χ1n) is 6.07. The average molecular weight is 262 g/mol. The van der Waals surface area contributed by atoms with Crippen molar-refractivity contribution in [1.82, 2.24) is 4.98 Å². The number of thiazole rings is 1. The van der Waals surface area contributed by atoms with E-state index in [0.29, 0.717) is 6.54 Å². The third kappa shape index (κ3) is 2.89. The van der Waals surface area contributed by atoms with Crippen LogP contribution in [0.15, 0.2) is 24.3 Å². The largest absolute Gasteiger partial charge is 0.497 e. The van der Waals surface area contributed by atoms with Gasteiger partial charge in [-0.1, -0.05) is 19.1 Å². The summed E-state index contributed by atoms with van der Waals surface area (Å²) in [6.07, 6.45) is 1.81. The van der Waals surface area contributed by atoms with Gasteiger partial charge in [0.2, 0.25) is 0 Å². The summed E-state index contributed by atoms with van der Waals surface area (Å²) >= 11 is 1.72. The first-order chi connectivity index (χ1) is 8.76. The van der Waals surface area contributed by atoms with Crippen molar-refractivity contribution >= 4 is 11.3 Å². The Bertz CT molecular complexity index is 484. The lowest BCUT2D eigenvalue weighted by Crippen LogP contribution is -1.97. The van der Waals surface area contributed by atoms with E-state index in [-0.39, 0.29) is 0 Å². The van der Waals surface area contributed by atoms with Gasteiger partial charge in [0.1, 0.15) is 5.75 Å². The Morgan fingerprint density at radius 2 is 2.00 bits per heavy atom. The van der Waals surface area contributed by atoms with Crippen molar-refractivity contribution in [3.63, 3.8) is 0 Å². The molecule has 0 spiro atoms. The van der Waals surface area contributed by atoms with Crippen LogP contribution in [0.1, 0.15) is 28.1 Å². The Balaban J connectivity index is 2.14. The van der Waals surface area contributed by atoms with Gasteiger partial charge in [-0.05, 0) is 24.1 Å². The van der Waals surface area contributed by atoms with Gasteiger partial charge in [-0.15, -0.1) is 11.3 Å². The highest BCUT2D eigenvalue weighted by Gasteiger charge is 2.08. The Labute approximate surface area is 112 Å². The van der Waals surface area contributed by atoms with Gasteiger partial charge >= 0.3 is 0 Å². The van der Waals surface area contributed by atoms with E-state index in [4.69, 9.17) is 10.5 Å². The number of ether oxygens (including phenoxy) is 1. The van der Waals surface area contributed by atoms with E-state index in [1.54, 1.807) is 18.4 Å². The normalized spacial score (nSPS) is 10.6. The molecule has 2 N–H and O–H groups in total. The zero-order chi connectivity index (χ0) is 13.0. The van der Waals surface area contributed by atoms with Crippen molar-refractivity contribution in [2.75, 3.05) is 7.11 Å². The maximum absolute atomic E-state index is 5.72. The van der Waals surface area contributed by atoms with Crippen molar-refractivity contribution in [3.05, 3.63) is 45.4 Å². The molecule has 0 saturated heterocycles. The van der Waals surface area contributed by atoms with Gasteiger partial charge in [0.05, 0.1) is 17.8 Å². The zero-order valence-corrected chi connectivity index (χ0v) is 11.6. The van der Waals surface area contributed by atoms with E-state index >= 15 is 0 Å². The quantitative estimate of drug-likeness (QED) is 0.901. The molecular weight excluding hydrogens is 244 g/mol. The van der Waals surface area contributed by atoms with Crippen LogP contribution in [0.5, 0.6) is 5.75 Å². The molecule has 0 fully saturated rings. The minimum absolute atomic E-state index is 0.587. The van der Waals surface area contributed by atoms with Crippen LogP contribution < -0.4 is 10.5 Å². The summed E-state index contributed by atoms with van der Waals surface area (Å²) in [4.78, 5) is 5.85. The van der Waals surface area contributed by atoms with Crippen LogP contribution in [0.4, 0.5) is 0 Å². The maximum Gasteiger partial charge on any atom is 0.118 e. The average Bonchev–Trinajstić information content (AvgIpc) is 2.81. The van der Waals surface area contributed by atoms with Crippen LogP contribution in [0, 0.1) is 0 Å². The van der Waals surface area contributed by atoms with Crippen LogP contribution in [0.2, 0.25) is 0 Å². The van der Waals surface area contributed by atoms with Crippen molar-refractivity contribution < 1.29 is 4.74 Å². The Morgan fingerprint density at radius 3 is 2.50 bits per heavy atom. The van der Waals surface area contributed by atoms with E-state index in [0.717, 1.165) is 29.3 Å². The number of hydrogen-bond donors (Lipinski definition) is 1. The van der Waals surface area contributed by atoms with Crippen LogP contribution in [-0.2, 0) is 19.4 Å². The second kappa shape index (κ2) is 5.98. The Hall–Kier alpha value is -1.39. The smallest absolute Gasteiger partial charge is 0.118 e. The summed E-state index contributed by atoms with van der Waals surface area (Å²) in [6, 6.07) is 8.11. The molecule has 0 radical (unpaired) electrons. The number of nitrogens with zero attached hydrogens (tertiary/aromatic N) is 1. The molecule has 0 atom stereocenters. The lowest BCUT2D eigenvalue weighted by atomic mass is 10.1. The van der Waals surface area contributed by atoms with E-state index in [1.165, 1.54) is 10.4 Å². The summed E-state index contributed by atoms with van der Waals surface area (Å²) in [7, 11) is 1.68. The molecule has 2 rings (SSSR count). The second-order valence-electron chi connectivity index (χ2n) is 4.06. The first kappa shape index (κ1) is 13.1. The fourth-order valence-electron chi connectivity index (χ4n) is 1.87. The third-order valence-corrected chi connectivity index (χ3v) is 3.98. The Morgan fingerprint density at radius 1 is 1.28 bits per heavy atom. The van der Waals surface area contributed by atoms with E-state index in [1.807, 2.05) is 12.1 Å². The van der Waals surface area contributed by atoms with Gasteiger partial charge in [0.15, 0.2) is 0 Å². The van der Waals surface area contributed by atoms with E-state index in [9.17, 15) is 0 Å². The molecule has 0 amide bonds. The molecule has 0 saturated carbocycles. The summed E-state index contributed by atoms with van der Waals surface area (Å²) < 4.78 is 5.15. The second-order valence-corrected chi connectivity index (χ2v) is 5.23. The summed E-state index contributed by atoms with van der Waals surface area (Å²) in [5.41, 5.74) is 8.12. The Kier molecular flexibility index (Phi) is 4.33. The monoisotopic (exact) mass is 262 g/mol. The lowest BCUT2D eigenvalue weighted by Gasteiger charge is -2.01. The number of methoxy groups -OCH3 is 1. The van der Waals surface area contributed by atoms with Gasteiger partial charge < -0.3 is 10.5 Å². The van der Waals surface area contributed by atoms with Crippen molar-refractivity contribution in [3.8, 4) is 5.75 Å². The molecule has 4 heteroatoms. The summed E-state index contributed by atoms with van der Waals surface area (Å²) in [5, 5.41) is 1.14. The standard InChI is InChI=1S/C14H18N2OS/c1-3-12-13(9-15)18-14(16-12)8-10-4-6-11(17-2)7-5-10/h4-7H,3,8-9,15H2,1-2H3. The number of aryl methyl sites for hydroxylation is 1. The number of hydrogen-bond acceptors (Lipinski definition) is 4. The zero-order valence-electron chi connectivity index (χ0n) is 10.8. The molecule has 0 bridgehead atoms. The van der Waals surface area contributed by atoms with Crippen LogP contribution in [0.25, 0.3) is 0 Å². The van der Waals surface area contributed by atoms with Gasteiger partial charge in [0, 0.05) is 17.8 Å². The fourth-order valence-corrected chi connectivity index (χ4v) is 2.94. The number of benzene rings is 1. The summed E-state index contributed by atoms with van der Waals surface area (Å²) in [6.45, 7) is 2.70. The molecule has 0 unspecified atom stereocenters. The maximum atomic E-state index is 5.72. The van der Waals surface area contributed by atoms with Crippen molar-refractivity contribution in [2.24, 2.45) is 5.73 Å². The highest BCUT2D eigenvalue weighted by molar-refractivity contribution is 7.11. The van der Waals surface area contributed by atoms with Crippen LogP contribution >= 0.6 is 11.3 Å². The highest BCUT2D eigenvalue weighted by Crippen LogP contribution is 2.22. The predicted octanol–water partition coefficient (Wildman–Crippen LogP) is 2.76. The van der Waals surface area contributed by atoms with E-state index in [2.05, 4.69) is 24.0 Å². The van der Waals surface area contributed by atoms with Crippen molar-refractivity contribution in [2.45, 2.75) is 26.3 Å². The molecule has 1 aromatic carbocycles. The molecular formula is C14H18N2OS. The van der Waals surface area contributed by atoms with Gasteiger partial charge in [-0.2, -0.15) is 0 Å². The summed E-state index contributed by atoms with van der Waals surface area (Å²) in [5.74, 6) is 0.884.